The molecule has 3 nitrogen and oxygen atoms in total. The van der Waals surface area contributed by atoms with Crippen LogP contribution < -0.4 is 11.5 Å². The van der Waals surface area contributed by atoms with Crippen LogP contribution in [0.3, 0.4) is 0 Å². The van der Waals surface area contributed by atoms with Crippen LogP contribution in [0.25, 0.3) is 0 Å². The minimum absolute atomic E-state index is 0.628. The highest BCUT2D eigenvalue weighted by Gasteiger charge is 2.22. The summed E-state index contributed by atoms with van der Waals surface area (Å²) in [6, 6.07) is 4.59. The Labute approximate surface area is 97.4 Å². The second kappa shape index (κ2) is 4.34. The Morgan fingerprint density at radius 3 is 2.75 bits per heavy atom. The maximum atomic E-state index is 6.06. The number of nitrogen functional groups attached to an aromatic ring is 2. The minimum atomic E-state index is 0.628. The molecule has 1 unspecified atom stereocenters. The van der Waals surface area contributed by atoms with E-state index in [0.29, 0.717) is 11.7 Å². The van der Waals surface area contributed by atoms with Crippen molar-refractivity contribution in [3.05, 3.63) is 23.3 Å². The first-order valence-corrected chi connectivity index (χ1v) is 5.93. The Kier molecular flexibility index (Phi) is 3.06. The summed E-state index contributed by atoms with van der Waals surface area (Å²) in [5.41, 5.74) is 15.9. The van der Waals surface area contributed by atoms with Gasteiger partial charge >= 0.3 is 0 Å². The van der Waals surface area contributed by atoms with Crippen molar-refractivity contribution in [2.24, 2.45) is 0 Å². The summed E-state index contributed by atoms with van der Waals surface area (Å²) in [4.78, 5) is 2.42. The van der Waals surface area contributed by atoms with Crippen LogP contribution in [0.15, 0.2) is 12.1 Å². The molecule has 0 aromatic heterocycles. The number of aryl methyl sites for hydroxylation is 1. The van der Waals surface area contributed by atoms with Gasteiger partial charge in [0.2, 0.25) is 0 Å². The molecule has 1 aliphatic rings. The molecule has 1 aromatic rings. The fraction of sp³-hybridized carbons (Fsp3) is 0.538. The Morgan fingerprint density at radius 2 is 2.12 bits per heavy atom. The molecule has 0 radical (unpaired) electrons. The first-order valence-electron chi connectivity index (χ1n) is 5.93. The van der Waals surface area contributed by atoms with Crippen LogP contribution in [0.4, 0.5) is 11.4 Å². The van der Waals surface area contributed by atoms with Gasteiger partial charge in [0, 0.05) is 6.04 Å². The standard InChI is InChI=1S/C13H21N3/c1-9-5-6-12(14)13(15)11(9)8-10-4-3-7-16(10)2/h5-6,10H,3-4,7-8,14-15H2,1-2H3. The Hall–Kier alpha value is -1.22. The van der Waals surface area contributed by atoms with E-state index < -0.39 is 0 Å². The smallest absolute Gasteiger partial charge is 0.0583 e. The normalized spacial score (nSPS) is 21.5. The third kappa shape index (κ3) is 2.00. The van der Waals surface area contributed by atoms with E-state index in [1.165, 1.54) is 30.5 Å². The molecule has 2 rings (SSSR count). The third-order valence-electron chi connectivity index (χ3n) is 3.74. The summed E-state index contributed by atoms with van der Waals surface area (Å²) in [6.45, 7) is 3.31. The molecule has 1 heterocycles. The molecular formula is C13H21N3. The maximum absolute atomic E-state index is 6.06. The van der Waals surface area contributed by atoms with E-state index in [2.05, 4.69) is 24.9 Å². The molecule has 0 saturated carbocycles. The number of hydrogen-bond donors (Lipinski definition) is 2. The lowest BCUT2D eigenvalue weighted by atomic mass is 9.97. The van der Waals surface area contributed by atoms with Crippen LogP contribution in [0, 0.1) is 6.92 Å². The molecule has 4 N–H and O–H groups in total. The minimum Gasteiger partial charge on any atom is -0.397 e. The third-order valence-corrected chi connectivity index (χ3v) is 3.74. The van der Waals surface area contributed by atoms with E-state index in [-0.39, 0.29) is 0 Å². The van der Waals surface area contributed by atoms with Gasteiger partial charge in [-0.25, -0.2) is 0 Å². The Morgan fingerprint density at radius 1 is 1.38 bits per heavy atom. The van der Waals surface area contributed by atoms with E-state index >= 15 is 0 Å². The van der Waals surface area contributed by atoms with Crippen molar-refractivity contribution in [1.29, 1.82) is 0 Å². The number of nitrogens with zero attached hydrogens (tertiary/aromatic N) is 1. The van der Waals surface area contributed by atoms with Crippen molar-refractivity contribution in [1.82, 2.24) is 4.90 Å². The summed E-state index contributed by atoms with van der Waals surface area (Å²) in [6.07, 6.45) is 3.59. The molecule has 1 aromatic carbocycles. The first-order chi connectivity index (χ1) is 7.59. The zero-order chi connectivity index (χ0) is 11.7. The van der Waals surface area contributed by atoms with Gasteiger partial charge in [-0.3, -0.25) is 0 Å². The highest BCUT2D eigenvalue weighted by Crippen LogP contribution is 2.28. The number of rotatable bonds is 2. The molecule has 88 valence electrons. The van der Waals surface area contributed by atoms with Crippen LogP contribution in [0.5, 0.6) is 0 Å². The number of nitrogens with two attached hydrogens (primary N) is 2. The van der Waals surface area contributed by atoms with Gasteiger partial charge in [0.05, 0.1) is 11.4 Å². The Balaban J connectivity index is 2.23. The number of hydrogen-bond acceptors (Lipinski definition) is 3. The topological polar surface area (TPSA) is 55.3 Å². The van der Waals surface area contributed by atoms with Gasteiger partial charge < -0.3 is 16.4 Å². The SMILES string of the molecule is Cc1ccc(N)c(N)c1CC1CCCN1C. The predicted octanol–water partition coefficient (Wildman–Crippen LogP) is 1.80. The lowest BCUT2D eigenvalue weighted by molar-refractivity contribution is 0.309. The van der Waals surface area contributed by atoms with Crippen molar-refractivity contribution in [2.45, 2.75) is 32.2 Å². The molecule has 1 atom stereocenters. The van der Waals surface area contributed by atoms with Gasteiger partial charge in [0.1, 0.15) is 0 Å². The summed E-state index contributed by atoms with van der Waals surface area (Å²) in [5, 5.41) is 0. The fourth-order valence-electron chi connectivity index (χ4n) is 2.54. The van der Waals surface area contributed by atoms with E-state index in [4.69, 9.17) is 11.5 Å². The molecule has 3 heteroatoms. The van der Waals surface area contributed by atoms with Crippen LogP contribution in [0.2, 0.25) is 0 Å². The fourth-order valence-corrected chi connectivity index (χ4v) is 2.54. The zero-order valence-electron chi connectivity index (χ0n) is 10.2. The van der Waals surface area contributed by atoms with E-state index in [1.54, 1.807) is 0 Å². The average Bonchev–Trinajstić information content (AvgIpc) is 2.65. The van der Waals surface area contributed by atoms with Crippen LogP contribution in [-0.4, -0.2) is 24.5 Å². The quantitative estimate of drug-likeness (QED) is 0.746. The van der Waals surface area contributed by atoms with Gasteiger partial charge in [0.15, 0.2) is 0 Å². The molecular weight excluding hydrogens is 198 g/mol. The Bertz CT molecular complexity index is 387. The number of anilines is 2. The molecule has 1 aliphatic heterocycles. The van der Waals surface area contributed by atoms with Gasteiger partial charge in [-0.15, -0.1) is 0 Å². The summed E-state index contributed by atoms with van der Waals surface area (Å²) >= 11 is 0. The number of likely N-dealkylation sites (N-methyl/N-ethyl adjacent to an activating group) is 1. The number of benzene rings is 1. The van der Waals surface area contributed by atoms with Crippen LogP contribution >= 0.6 is 0 Å². The summed E-state index contributed by atoms with van der Waals surface area (Å²) < 4.78 is 0. The average molecular weight is 219 g/mol. The molecule has 0 amide bonds. The van der Waals surface area contributed by atoms with E-state index in [9.17, 15) is 0 Å². The first kappa shape index (κ1) is 11.3. The van der Waals surface area contributed by atoms with Crippen molar-refractivity contribution in [3.63, 3.8) is 0 Å². The van der Waals surface area contributed by atoms with Crippen molar-refractivity contribution >= 4 is 11.4 Å². The molecule has 1 saturated heterocycles. The molecule has 0 bridgehead atoms. The lowest BCUT2D eigenvalue weighted by Gasteiger charge is -2.21. The van der Waals surface area contributed by atoms with Gasteiger partial charge in [0.25, 0.3) is 0 Å². The monoisotopic (exact) mass is 219 g/mol. The largest absolute Gasteiger partial charge is 0.397 e. The van der Waals surface area contributed by atoms with E-state index in [1.807, 2.05) is 6.07 Å². The highest BCUT2D eigenvalue weighted by molar-refractivity contribution is 5.69. The molecule has 0 spiro atoms. The molecule has 1 fully saturated rings. The van der Waals surface area contributed by atoms with Gasteiger partial charge in [-0.2, -0.15) is 0 Å². The maximum Gasteiger partial charge on any atom is 0.0583 e. The van der Waals surface area contributed by atoms with E-state index in [0.717, 1.165) is 12.1 Å². The van der Waals surface area contributed by atoms with Gasteiger partial charge in [-0.1, -0.05) is 6.07 Å². The van der Waals surface area contributed by atoms with Crippen molar-refractivity contribution in [2.75, 3.05) is 25.1 Å². The summed E-state index contributed by atoms with van der Waals surface area (Å²) in [5.74, 6) is 0. The van der Waals surface area contributed by atoms with Gasteiger partial charge in [-0.05, 0) is 57.0 Å². The molecule has 0 aliphatic carbocycles. The van der Waals surface area contributed by atoms with Crippen LogP contribution in [0.1, 0.15) is 24.0 Å². The summed E-state index contributed by atoms with van der Waals surface area (Å²) in [7, 11) is 2.19. The predicted molar refractivity (Wildman–Crippen MR) is 69.4 cm³/mol. The highest BCUT2D eigenvalue weighted by atomic mass is 15.1. The second-order valence-corrected chi connectivity index (χ2v) is 4.84. The van der Waals surface area contributed by atoms with Crippen LogP contribution in [-0.2, 0) is 6.42 Å². The molecule has 16 heavy (non-hydrogen) atoms. The zero-order valence-corrected chi connectivity index (χ0v) is 10.2. The van der Waals surface area contributed by atoms with Crippen molar-refractivity contribution in [3.8, 4) is 0 Å². The number of likely N-dealkylation sites (tertiary alicyclic amines) is 1. The van der Waals surface area contributed by atoms with Crippen molar-refractivity contribution < 1.29 is 0 Å². The second-order valence-electron chi connectivity index (χ2n) is 4.84. The lowest BCUT2D eigenvalue weighted by Crippen LogP contribution is -2.27.